The Morgan fingerprint density at radius 3 is 1.65 bits per heavy atom. The Kier molecular flexibility index (Phi) is 8.26. The van der Waals surface area contributed by atoms with Crippen molar-refractivity contribution < 1.29 is 0 Å². The molecule has 57 heavy (non-hydrogen) atoms. The number of pyridine rings is 1. The van der Waals surface area contributed by atoms with Crippen LogP contribution in [0.1, 0.15) is 136 Å². The standard InChI is InChI=1S/C52H60BN3S/c1-31-27-42-44-47(54-31)56(36-22-17-33(18-23-36)49(5,6)7)45-37-29-38-39(52(13,14)26-25-51(38,11)12)30-43(37)57-46(45)53(44)40-24-19-34(50(8,9)10)28-41(40)55(42)35-20-15-32(16-21-35)48(2,3)4/h15-24,27-30H,25-26H2,1-14H3. The van der Waals surface area contributed by atoms with Crippen LogP contribution in [0.5, 0.6) is 0 Å². The lowest BCUT2D eigenvalue weighted by Gasteiger charge is -2.43. The Labute approximate surface area is 346 Å². The molecule has 3 aliphatic rings. The number of hydrogen-bond donors (Lipinski definition) is 0. The second kappa shape index (κ2) is 12.3. The Morgan fingerprint density at radius 2 is 1.11 bits per heavy atom. The van der Waals surface area contributed by atoms with Gasteiger partial charge in [0.1, 0.15) is 5.82 Å². The summed E-state index contributed by atoms with van der Waals surface area (Å²) in [5, 5.41) is 1.35. The zero-order valence-electron chi connectivity index (χ0n) is 36.8. The normalized spacial score (nSPS) is 17.0. The molecule has 0 N–H and O–H groups in total. The van der Waals surface area contributed by atoms with Crippen molar-refractivity contribution in [2.24, 2.45) is 0 Å². The molecule has 0 saturated carbocycles. The molecule has 0 atom stereocenters. The average Bonchev–Trinajstić information content (AvgIpc) is 3.50. The SMILES string of the molecule is Cc1cc2c3c(n1)N(c1ccc(C(C)(C)C)cc1)c1c(sc4cc5c(cc14)C(C)(C)CCC5(C)C)B3c1ccc(C(C)(C)C)cc1N2c1ccc(C(C)(C)C)cc1. The fourth-order valence-electron chi connectivity index (χ4n) is 9.73. The third kappa shape index (κ3) is 6.00. The summed E-state index contributed by atoms with van der Waals surface area (Å²) in [6.07, 6.45) is 2.39. The average molecular weight is 770 g/mol. The summed E-state index contributed by atoms with van der Waals surface area (Å²) in [7, 11) is 0. The molecule has 2 aromatic heterocycles. The van der Waals surface area contributed by atoms with Gasteiger partial charge < -0.3 is 4.90 Å². The van der Waals surface area contributed by atoms with Crippen LogP contribution in [-0.4, -0.2) is 11.7 Å². The molecule has 0 amide bonds. The van der Waals surface area contributed by atoms with Gasteiger partial charge in [0.15, 0.2) is 0 Å². The zero-order valence-corrected chi connectivity index (χ0v) is 37.6. The highest BCUT2D eigenvalue weighted by atomic mass is 32.1. The molecule has 3 nitrogen and oxygen atoms in total. The van der Waals surface area contributed by atoms with E-state index in [1.54, 1.807) is 0 Å². The summed E-state index contributed by atoms with van der Waals surface area (Å²) in [6.45, 7) is 32.8. The van der Waals surface area contributed by atoms with E-state index in [2.05, 4.69) is 192 Å². The second-order valence-electron chi connectivity index (χ2n) is 21.7. The molecule has 1 aliphatic carbocycles. The van der Waals surface area contributed by atoms with Crippen LogP contribution in [0.2, 0.25) is 0 Å². The molecule has 5 heteroatoms. The van der Waals surface area contributed by atoms with Gasteiger partial charge in [0.2, 0.25) is 0 Å². The van der Waals surface area contributed by atoms with E-state index in [0.29, 0.717) is 0 Å². The number of anilines is 6. The van der Waals surface area contributed by atoms with Crippen molar-refractivity contribution in [2.45, 2.75) is 137 Å². The Hall–Kier alpha value is -4.35. The number of fused-ring (bicyclic) bond motifs is 7. The van der Waals surface area contributed by atoms with Gasteiger partial charge in [0.25, 0.3) is 6.71 Å². The molecule has 0 bridgehead atoms. The molecule has 4 aromatic carbocycles. The van der Waals surface area contributed by atoms with Crippen molar-refractivity contribution in [3.63, 3.8) is 0 Å². The van der Waals surface area contributed by atoms with Crippen molar-refractivity contribution in [3.05, 3.63) is 118 Å². The first-order chi connectivity index (χ1) is 26.5. The van der Waals surface area contributed by atoms with Gasteiger partial charge in [-0.2, -0.15) is 0 Å². The molecule has 0 saturated heterocycles. The predicted molar refractivity (Wildman–Crippen MR) is 250 cm³/mol. The maximum atomic E-state index is 5.57. The minimum atomic E-state index is 0.000419. The Morgan fingerprint density at radius 1 is 0.596 bits per heavy atom. The van der Waals surface area contributed by atoms with Gasteiger partial charge in [-0.05, 0) is 134 Å². The summed E-state index contributed by atoms with van der Waals surface area (Å²) in [5.41, 5.74) is 17.2. The van der Waals surface area contributed by atoms with Gasteiger partial charge in [-0.1, -0.05) is 126 Å². The van der Waals surface area contributed by atoms with Crippen LogP contribution in [0.25, 0.3) is 10.1 Å². The highest BCUT2D eigenvalue weighted by molar-refractivity contribution is 7.33. The molecule has 0 spiro atoms. The summed E-state index contributed by atoms with van der Waals surface area (Å²) in [5.74, 6) is 1.05. The second-order valence-corrected chi connectivity index (χ2v) is 22.8. The summed E-state index contributed by atoms with van der Waals surface area (Å²) in [4.78, 5) is 10.6. The van der Waals surface area contributed by atoms with Crippen molar-refractivity contribution in [1.29, 1.82) is 0 Å². The number of aromatic nitrogens is 1. The highest BCUT2D eigenvalue weighted by Crippen LogP contribution is 2.52. The predicted octanol–water partition coefficient (Wildman–Crippen LogP) is 12.9. The van der Waals surface area contributed by atoms with Crippen LogP contribution in [0, 0.1) is 6.92 Å². The quantitative estimate of drug-likeness (QED) is 0.163. The maximum Gasteiger partial charge on any atom is 0.266 e. The van der Waals surface area contributed by atoms with Gasteiger partial charge in [-0.15, -0.1) is 11.3 Å². The smallest absolute Gasteiger partial charge is 0.266 e. The number of rotatable bonds is 2. The largest absolute Gasteiger partial charge is 0.311 e. The topological polar surface area (TPSA) is 19.4 Å². The van der Waals surface area contributed by atoms with E-state index in [1.807, 2.05) is 11.3 Å². The first-order valence-electron chi connectivity index (χ1n) is 21.1. The molecule has 9 rings (SSSR count). The molecule has 0 fully saturated rings. The van der Waals surface area contributed by atoms with Gasteiger partial charge in [0, 0.05) is 43.3 Å². The van der Waals surface area contributed by atoms with E-state index in [9.17, 15) is 0 Å². The van der Waals surface area contributed by atoms with Crippen LogP contribution in [-0.2, 0) is 27.1 Å². The molecule has 292 valence electrons. The van der Waals surface area contributed by atoms with Gasteiger partial charge in [-0.3, -0.25) is 4.90 Å². The van der Waals surface area contributed by atoms with Crippen molar-refractivity contribution >= 4 is 78.1 Å². The van der Waals surface area contributed by atoms with Crippen molar-refractivity contribution in [1.82, 2.24) is 4.98 Å². The molecular weight excluding hydrogens is 709 g/mol. The van der Waals surface area contributed by atoms with Crippen LogP contribution in [0.4, 0.5) is 34.3 Å². The third-order valence-corrected chi connectivity index (χ3v) is 14.7. The number of nitrogens with zero attached hydrogens (tertiary/aromatic N) is 3. The van der Waals surface area contributed by atoms with Crippen LogP contribution in [0.15, 0.2) is 84.9 Å². The fraction of sp³-hybridized carbons (Fsp3) is 0.404. The van der Waals surface area contributed by atoms with E-state index in [0.717, 1.165) is 17.2 Å². The molecule has 6 aromatic rings. The van der Waals surface area contributed by atoms with Gasteiger partial charge >= 0.3 is 0 Å². The van der Waals surface area contributed by atoms with Crippen LogP contribution in [0.3, 0.4) is 0 Å². The lowest BCUT2D eigenvalue weighted by atomic mass is 9.36. The number of aryl methyl sites for hydroxylation is 1. The first kappa shape index (κ1) is 38.2. The minimum absolute atomic E-state index is 0.000419. The number of hydrogen-bond acceptors (Lipinski definition) is 4. The van der Waals surface area contributed by atoms with Gasteiger partial charge in [-0.25, -0.2) is 4.98 Å². The third-order valence-electron chi connectivity index (χ3n) is 13.5. The van der Waals surface area contributed by atoms with E-state index < -0.39 is 0 Å². The molecule has 0 unspecified atom stereocenters. The van der Waals surface area contributed by atoms with Crippen LogP contribution >= 0.6 is 11.3 Å². The summed E-state index contributed by atoms with van der Waals surface area (Å²) >= 11 is 2.01. The summed E-state index contributed by atoms with van der Waals surface area (Å²) < 4.78 is 2.79. The number of benzene rings is 4. The lowest BCUT2D eigenvalue weighted by molar-refractivity contribution is 0.332. The van der Waals surface area contributed by atoms with E-state index in [1.165, 1.54) is 89.2 Å². The van der Waals surface area contributed by atoms with E-state index in [4.69, 9.17) is 4.98 Å². The van der Waals surface area contributed by atoms with E-state index >= 15 is 0 Å². The Balaban J connectivity index is 1.39. The lowest BCUT2D eigenvalue weighted by Crippen LogP contribution is -2.60. The molecule has 2 aliphatic heterocycles. The van der Waals surface area contributed by atoms with Crippen molar-refractivity contribution in [2.75, 3.05) is 9.80 Å². The molecule has 0 radical (unpaired) electrons. The van der Waals surface area contributed by atoms with Crippen molar-refractivity contribution in [3.8, 4) is 0 Å². The zero-order chi connectivity index (χ0) is 40.8. The first-order valence-corrected chi connectivity index (χ1v) is 21.9. The van der Waals surface area contributed by atoms with E-state index in [-0.39, 0.29) is 33.8 Å². The monoisotopic (exact) mass is 769 g/mol. The number of thiophene rings is 1. The molecular formula is C52H60BN3S. The van der Waals surface area contributed by atoms with Crippen LogP contribution < -0.4 is 25.5 Å². The highest BCUT2D eigenvalue weighted by Gasteiger charge is 2.47. The fourth-order valence-corrected chi connectivity index (χ4v) is 11.1. The Bertz CT molecular complexity index is 2590. The van der Waals surface area contributed by atoms with Gasteiger partial charge in [0.05, 0.1) is 5.69 Å². The maximum absolute atomic E-state index is 5.57. The summed E-state index contributed by atoms with van der Waals surface area (Å²) in [6, 6.07) is 33.5. The minimum Gasteiger partial charge on any atom is -0.311 e. The molecule has 4 heterocycles.